The van der Waals surface area contributed by atoms with Crippen LogP contribution in [-0.4, -0.2) is 20.4 Å². The molecule has 0 amide bonds. The molecular formula is C14H13BrN4O. The van der Waals surface area contributed by atoms with Crippen LogP contribution >= 0.6 is 15.9 Å². The summed E-state index contributed by atoms with van der Waals surface area (Å²) in [6.45, 7) is 0.726. The number of rotatable bonds is 4. The van der Waals surface area contributed by atoms with Crippen LogP contribution in [0.4, 0.5) is 5.82 Å². The van der Waals surface area contributed by atoms with Crippen molar-refractivity contribution >= 4 is 27.4 Å². The molecule has 0 saturated heterocycles. The highest BCUT2D eigenvalue weighted by Gasteiger charge is 2.32. The summed E-state index contributed by atoms with van der Waals surface area (Å²) in [4.78, 5) is 11.3. The maximum absolute atomic E-state index is 5.48. The largest absolute Gasteiger partial charge is 0.467 e. The van der Waals surface area contributed by atoms with E-state index in [9.17, 15) is 0 Å². The highest BCUT2D eigenvalue weighted by atomic mass is 79.9. The molecule has 0 aromatic carbocycles. The highest BCUT2D eigenvalue weighted by Crippen LogP contribution is 2.34. The number of furan rings is 1. The molecule has 0 aliphatic heterocycles. The first-order valence-corrected chi connectivity index (χ1v) is 7.39. The lowest BCUT2D eigenvalue weighted by Crippen LogP contribution is -2.26. The van der Waals surface area contributed by atoms with Gasteiger partial charge in [-0.05, 0) is 40.9 Å². The fraction of sp³-hybridized carbons (Fsp3) is 0.286. The molecule has 1 saturated carbocycles. The summed E-state index contributed by atoms with van der Waals surface area (Å²) in [7, 11) is 0. The third-order valence-electron chi connectivity index (χ3n) is 3.49. The molecule has 0 bridgehead atoms. The van der Waals surface area contributed by atoms with Crippen molar-refractivity contribution < 1.29 is 4.42 Å². The van der Waals surface area contributed by atoms with Crippen LogP contribution in [0, 0.1) is 0 Å². The second-order valence-electron chi connectivity index (χ2n) is 4.98. The number of hydrogen-bond donors (Lipinski definition) is 0. The fourth-order valence-electron chi connectivity index (χ4n) is 2.41. The Bertz CT molecular complexity index is 733. The van der Waals surface area contributed by atoms with Gasteiger partial charge in [-0.3, -0.25) is 0 Å². The molecule has 0 atom stereocenters. The molecule has 4 rings (SSSR count). The van der Waals surface area contributed by atoms with Crippen LogP contribution in [0.25, 0.3) is 5.65 Å². The minimum atomic E-state index is 0.530. The van der Waals surface area contributed by atoms with Crippen molar-refractivity contribution in [3.05, 3.63) is 47.3 Å². The van der Waals surface area contributed by atoms with Crippen molar-refractivity contribution in [2.24, 2.45) is 0 Å². The van der Waals surface area contributed by atoms with Gasteiger partial charge in [0.15, 0.2) is 11.5 Å². The Labute approximate surface area is 124 Å². The summed E-state index contributed by atoms with van der Waals surface area (Å²) in [5, 5.41) is 0. The summed E-state index contributed by atoms with van der Waals surface area (Å²) in [6.07, 6.45) is 9.75. The molecule has 1 aliphatic rings. The van der Waals surface area contributed by atoms with Gasteiger partial charge in [0.1, 0.15) is 10.4 Å². The predicted molar refractivity (Wildman–Crippen MR) is 78.6 cm³/mol. The zero-order valence-corrected chi connectivity index (χ0v) is 12.3. The van der Waals surface area contributed by atoms with Crippen LogP contribution in [0.2, 0.25) is 0 Å². The number of anilines is 1. The van der Waals surface area contributed by atoms with Gasteiger partial charge >= 0.3 is 0 Å². The van der Waals surface area contributed by atoms with Gasteiger partial charge in [-0.15, -0.1) is 0 Å². The van der Waals surface area contributed by atoms with Gasteiger partial charge in [0.2, 0.25) is 0 Å². The van der Waals surface area contributed by atoms with Crippen LogP contribution < -0.4 is 4.90 Å². The van der Waals surface area contributed by atoms with Gasteiger partial charge in [0.05, 0.1) is 12.8 Å². The Morgan fingerprint density at radius 3 is 3.10 bits per heavy atom. The van der Waals surface area contributed by atoms with E-state index in [1.54, 1.807) is 12.5 Å². The molecule has 1 fully saturated rings. The van der Waals surface area contributed by atoms with Gasteiger partial charge in [0.25, 0.3) is 0 Å². The maximum Gasteiger partial charge on any atom is 0.180 e. The second kappa shape index (κ2) is 4.63. The molecule has 1 aliphatic carbocycles. The van der Waals surface area contributed by atoms with Crippen LogP contribution in [0.1, 0.15) is 18.6 Å². The predicted octanol–water partition coefficient (Wildman–Crippen LogP) is 3.25. The quantitative estimate of drug-likeness (QED) is 0.735. The van der Waals surface area contributed by atoms with Gasteiger partial charge < -0.3 is 13.7 Å². The summed E-state index contributed by atoms with van der Waals surface area (Å²) in [5.41, 5.74) is 0.881. The smallest absolute Gasteiger partial charge is 0.180 e. The molecule has 20 heavy (non-hydrogen) atoms. The number of imidazole rings is 1. The van der Waals surface area contributed by atoms with E-state index in [-0.39, 0.29) is 0 Å². The van der Waals surface area contributed by atoms with Crippen molar-refractivity contribution in [1.29, 1.82) is 0 Å². The summed E-state index contributed by atoms with van der Waals surface area (Å²) in [5.74, 6) is 1.85. The van der Waals surface area contributed by atoms with Crippen LogP contribution in [0.5, 0.6) is 0 Å². The Morgan fingerprint density at radius 1 is 1.45 bits per heavy atom. The Kier molecular flexibility index (Phi) is 2.77. The van der Waals surface area contributed by atoms with E-state index in [0.717, 1.165) is 28.4 Å². The van der Waals surface area contributed by atoms with Crippen LogP contribution in [0.15, 0.2) is 46.0 Å². The molecular weight excluding hydrogens is 320 g/mol. The molecule has 5 nitrogen and oxygen atoms in total. The van der Waals surface area contributed by atoms with E-state index in [1.807, 2.05) is 28.9 Å². The van der Waals surface area contributed by atoms with Gasteiger partial charge in [0, 0.05) is 24.6 Å². The molecule has 3 heterocycles. The van der Waals surface area contributed by atoms with Crippen molar-refractivity contribution in [2.75, 3.05) is 4.90 Å². The molecule has 3 aromatic heterocycles. The Balaban J connectivity index is 1.79. The Morgan fingerprint density at radius 2 is 2.35 bits per heavy atom. The fourth-order valence-corrected chi connectivity index (χ4v) is 2.80. The Hall–Kier alpha value is -1.82. The number of nitrogens with zero attached hydrogens (tertiary/aromatic N) is 4. The zero-order chi connectivity index (χ0) is 13.5. The van der Waals surface area contributed by atoms with Gasteiger partial charge in [-0.2, -0.15) is 0 Å². The molecule has 6 heteroatoms. The molecule has 0 N–H and O–H groups in total. The van der Waals surface area contributed by atoms with E-state index in [1.165, 1.54) is 12.8 Å². The average Bonchev–Trinajstić information content (AvgIpc) is 2.96. The summed E-state index contributed by atoms with van der Waals surface area (Å²) < 4.78 is 8.28. The number of halogens is 1. The van der Waals surface area contributed by atoms with E-state index >= 15 is 0 Å². The number of aromatic nitrogens is 3. The third-order valence-corrected chi connectivity index (χ3v) is 3.88. The number of hydrogen-bond acceptors (Lipinski definition) is 4. The van der Waals surface area contributed by atoms with E-state index < -0.39 is 0 Å². The van der Waals surface area contributed by atoms with Crippen molar-refractivity contribution in [1.82, 2.24) is 14.4 Å². The lowest BCUT2D eigenvalue weighted by molar-refractivity contribution is 0.500. The first-order valence-electron chi connectivity index (χ1n) is 6.59. The number of fused-ring (bicyclic) bond motifs is 1. The second-order valence-corrected chi connectivity index (χ2v) is 5.80. The normalized spacial score (nSPS) is 14.8. The molecule has 3 aromatic rings. The molecule has 102 valence electrons. The van der Waals surface area contributed by atoms with Gasteiger partial charge in [-0.1, -0.05) is 0 Å². The molecule has 0 radical (unpaired) electrons. The SMILES string of the molecule is Brc1cn2ccnc2c(N(Cc2ccco2)C2CC2)n1. The highest BCUT2D eigenvalue weighted by molar-refractivity contribution is 9.10. The lowest BCUT2D eigenvalue weighted by Gasteiger charge is -2.22. The molecule has 0 unspecified atom stereocenters. The minimum absolute atomic E-state index is 0.530. The topological polar surface area (TPSA) is 46.6 Å². The van der Waals surface area contributed by atoms with Crippen molar-refractivity contribution in [3.63, 3.8) is 0 Å². The first-order chi connectivity index (χ1) is 9.81. The van der Waals surface area contributed by atoms with E-state index in [4.69, 9.17) is 4.42 Å². The van der Waals surface area contributed by atoms with Crippen LogP contribution in [-0.2, 0) is 6.54 Å². The monoisotopic (exact) mass is 332 g/mol. The van der Waals surface area contributed by atoms with Crippen molar-refractivity contribution in [3.8, 4) is 0 Å². The maximum atomic E-state index is 5.48. The lowest BCUT2D eigenvalue weighted by atomic mass is 10.3. The summed E-state index contributed by atoms with van der Waals surface area (Å²) >= 11 is 3.47. The average molecular weight is 333 g/mol. The first kappa shape index (κ1) is 12.0. The third kappa shape index (κ3) is 2.10. The van der Waals surface area contributed by atoms with Crippen molar-refractivity contribution in [2.45, 2.75) is 25.4 Å². The zero-order valence-electron chi connectivity index (χ0n) is 10.7. The summed E-state index contributed by atoms with van der Waals surface area (Å²) in [6, 6.07) is 4.44. The van der Waals surface area contributed by atoms with E-state index in [0.29, 0.717) is 6.04 Å². The van der Waals surface area contributed by atoms with Gasteiger partial charge in [-0.25, -0.2) is 9.97 Å². The minimum Gasteiger partial charge on any atom is -0.467 e. The van der Waals surface area contributed by atoms with E-state index in [2.05, 4.69) is 30.8 Å². The standard InChI is InChI=1S/C14H13BrN4O/c15-12-9-18-6-5-16-13(18)14(17-12)19(10-3-4-10)8-11-2-1-7-20-11/h1-2,5-7,9-10H,3-4,8H2. The van der Waals surface area contributed by atoms with Crippen LogP contribution in [0.3, 0.4) is 0 Å². The molecule has 0 spiro atoms.